The van der Waals surface area contributed by atoms with E-state index < -0.39 is 0 Å². The standard InChI is InChI=1S/C5H12.Cl2HP/c1-5(2,3)4;1-3-2/h1-4H3;3H. The van der Waals surface area contributed by atoms with E-state index in [1.807, 2.05) is 0 Å². The van der Waals surface area contributed by atoms with Gasteiger partial charge >= 0.3 is 0 Å². The van der Waals surface area contributed by atoms with E-state index in [1.165, 1.54) is 0 Å². The minimum Gasteiger partial charge on any atom is -0.0818 e. The van der Waals surface area contributed by atoms with Gasteiger partial charge < -0.3 is 0 Å². The van der Waals surface area contributed by atoms with Crippen molar-refractivity contribution in [3.05, 3.63) is 0 Å². The zero-order valence-electron chi connectivity index (χ0n) is 5.76. The van der Waals surface area contributed by atoms with Gasteiger partial charge in [-0.3, -0.25) is 0 Å². The third-order valence-electron chi connectivity index (χ3n) is 0. The number of rotatable bonds is 0. The van der Waals surface area contributed by atoms with Crippen LogP contribution in [-0.2, 0) is 0 Å². The molecule has 8 heavy (non-hydrogen) atoms. The third-order valence-corrected chi connectivity index (χ3v) is 0. The maximum Gasteiger partial charge on any atom is 0.0713 e. The van der Waals surface area contributed by atoms with Crippen molar-refractivity contribution in [2.45, 2.75) is 27.7 Å². The van der Waals surface area contributed by atoms with E-state index in [9.17, 15) is 0 Å². The molecule has 0 unspecified atom stereocenters. The maximum absolute atomic E-state index is 4.79. The van der Waals surface area contributed by atoms with E-state index >= 15 is 0 Å². The van der Waals surface area contributed by atoms with Crippen LogP contribution in [-0.4, -0.2) is 0 Å². The third kappa shape index (κ3) is 248. The number of halogens is 2. The Morgan fingerprint density at radius 3 is 1.00 bits per heavy atom. The van der Waals surface area contributed by atoms with Crippen LogP contribution < -0.4 is 0 Å². The summed E-state index contributed by atoms with van der Waals surface area (Å²) in [5.41, 5.74) is 0.500. The first kappa shape index (κ1) is 11.8. The second kappa shape index (κ2) is 6.13. The normalized spacial score (nSPS) is 9.75. The minimum atomic E-state index is 0.0278. The first-order valence-corrected chi connectivity index (χ1v) is 5.40. The predicted octanol–water partition coefficient (Wildman–Crippen LogP) is 4.02. The molecule has 0 radical (unpaired) electrons. The van der Waals surface area contributed by atoms with Gasteiger partial charge in [-0.05, 0) is 5.41 Å². The molecule has 52 valence electrons. The van der Waals surface area contributed by atoms with Crippen molar-refractivity contribution in [1.29, 1.82) is 0 Å². The Morgan fingerprint density at radius 1 is 1.00 bits per heavy atom. The van der Waals surface area contributed by atoms with Gasteiger partial charge in [-0.2, -0.15) is 0 Å². The molecule has 0 heterocycles. The summed E-state index contributed by atoms with van der Waals surface area (Å²) >= 11 is 9.58. The van der Waals surface area contributed by atoms with Gasteiger partial charge in [-0.15, -0.1) is 0 Å². The summed E-state index contributed by atoms with van der Waals surface area (Å²) in [6, 6.07) is 0. The van der Waals surface area contributed by atoms with E-state index in [-0.39, 0.29) is 7.29 Å². The second-order valence-electron chi connectivity index (χ2n) is 3.07. The van der Waals surface area contributed by atoms with E-state index in [0.717, 1.165) is 0 Å². The lowest BCUT2D eigenvalue weighted by Gasteiger charge is -2.05. The summed E-state index contributed by atoms with van der Waals surface area (Å²) < 4.78 is 0. The lowest BCUT2D eigenvalue weighted by atomic mass is 10.0. The molecule has 0 spiro atoms. The molecule has 0 saturated carbocycles. The van der Waals surface area contributed by atoms with Crippen molar-refractivity contribution in [3.8, 4) is 0 Å². The molecule has 3 heteroatoms. The van der Waals surface area contributed by atoms with Gasteiger partial charge in [0, 0.05) is 0 Å². The largest absolute Gasteiger partial charge is 0.0818 e. The molecular weight excluding hydrogens is 162 g/mol. The monoisotopic (exact) mass is 174 g/mol. The van der Waals surface area contributed by atoms with Gasteiger partial charge in [0.05, 0.1) is 7.29 Å². The van der Waals surface area contributed by atoms with Crippen LogP contribution in [0.4, 0.5) is 0 Å². The Balaban J connectivity index is 0. The van der Waals surface area contributed by atoms with Crippen molar-refractivity contribution in [2.75, 3.05) is 0 Å². The highest BCUT2D eigenvalue weighted by Crippen LogP contribution is 2.19. The average molecular weight is 175 g/mol. The topological polar surface area (TPSA) is 0 Å². The zero-order chi connectivity index (χ0) is 7.21. The van der Waals surface area contributed by atoms with Crippen molar-refractivity contribution < 1.29 is 0 Å². The van der Waals surface area contributed by atoms with Gasteiger partial charge in [-0.25, -0.2) is 0 Å². The molecule has 0 aromatic rings. The molecule has 0 nitrogen and oxygen atoms in total. The van der Waals surface area contributed by atoms with E-state index in [2.05, 4.69) is 27.7 Å². The van der Waals surface area contributed by atoms with Gasteiger partial charge in [-0.1, -0.05) is 50.2 Å². The van der Waals surface area contributed by atoms with Crippen molar-refractivity contribution in [3.63, 3.8) is 0 Å². The molecule has 0 aliphatic carbocycles. The molecule has 0 rings (SSSR count). The molecular formula is C5H13Cl2P. The molecule has 0 aliphatic rings. The molecule has 0 aromatic heterocycles. The summed E-state index contributed by atoms with van der Waals surface area (Å²) in [4.78, 5) is 0. The van der Waals surface area contributed by atoms with Gasteiger partial charge in [0.2, 0.25) is 0 Å². The second-order valence-corrected chi connectivity index (χ2v) is 4.93. The fraction of sp³-hybridized carbons (Fsp3) is 1.00. The molecule has 0 amide bonds. The van der Waals surface area contributed by atoms with Gasteiger partial charge in [0.25, 0.3) is 0 Å². The van der Waals surface area contributed by atoms with Crippen molar-refractivity contribution in [1.82, 2.24) is 0 Å². The smallest absolute Gasteiger partial charge is 0.0713 e. The lowest BCUT2D eigenvalue weighted by molar-refractivity contribution is 0.469. The Kier molecular flexibility index (Phi) is 9.02. The van der Waals surface area contributed by atoms with Gasteiger partial charge in [0.1, 0.15) is 0 Å². The summed E-state index contributed by atoms with van der Waals surface area (Å²) in [5.74, 6) is 0. The molecule has 0 N–H and O–H groups in total. The number of hydrogen-bond acceptors (Lipinski definition) is 0. The van der Waals surface area contributed by atoms with Crippen LogP contribution in [0.15, 0.2) is 0 Å². The lowest BCUT2D eigenvalue weighted by Crippen LogP contribution is -1.93. The predicted molar refractivity (Wildman–Crippen MR) is 45.2 cm³/mol. The quantitative estimate of drug-likeness (QED) is 0.487. The summed E-state index contributed by atoms with van der Waals surface area (Å²) in [6.07, 6.45) is 0. The first-order valence-electron chi connectivity index (χ1n) is 2.38. The highest BCUT2D eigenvalue weighted by atomic mass is 35.9. The van der Waals surface area contributed by atoms with Crippen molar-refractivity contribution in [2.24, 2.45) is 5.41 Å². The van der Waals surface area contributed by atoms with Gasteiger partial charge in [0.15, 0.2) is 0 Å². The minimum absolute atomic E-state index is 0.0278. The Hall–Kier alpha value is 1.01. The van der Waals surface area contributed by atoms with Crippen LogP contribution in [0.3, 0.4) is 0 Å². The fourth-order valence-electron chi connectivity index (χ4n) is 0. The Labute approximate surface area is 63.3 Å². The molecule has 0 aromatic carbocycles. The van der Waals surface area contributed by atoms with Crippen LogP contribution in [0.1, 0.15) is 27.7 Å². The number of hydrogen-bond donors (Lipinski definition) is 0. The van der Waals surface area contributed by atoms with E-state index in [0.29, 0.717) is 5.41 Å². The molecule has 0 atom stereocenters. The first-order chi connectivity index (χ1) is 3.41. The highest BCUT2D eigenvalue weighted by Gasteiger charge is 1.95. The van der Waals surface area contributed by atoms with Crippen molar-refractivity contribution >= 4 is 29.8 Å². The van der Waals surface area contributed by atoms with Crippen LogP contribution in [0.25, 0.3) is 0 Å². The Morgan fingerprint density at radius 2 is 1.00 bits per heavy atom. The molecule has 0 bridgehead atoms. The van der Waals surface area contributed by atoms with Crippen LogP contribution in [0.5, 0.6) is 0 Å². The van der Waals surface area contributed by atoms with E-state index in [1.54, 1.807) is 0 Å². The molecule has 0 fully saturated rings. The van der Waals surface area contributed by atoms with E-state index in [4.69, 9.17) is 22.5 Å². The van der Waals surface area contributed by atoms with Crippen LogP contribution in [0, 0.1) is 5.41 Å². The molecule has 0 saturated heterocycles. The molecule has 0 aliphatic heterocycles. The Bertz CT molecular complexity index is 34.2. The maximum atomic E-state index is 4.79. The van der Waals surface area contributed by atoms with Crippen LogP contribution in [0.2, 0.25) is 0 Å². The summed E-state index contributed by atoms with van der Waals surface area (Å²) in [6.45, 7) is 8.75. The van der Waals surface area contributed by atoms with Crippen LogP contribution >= 0.6 is 29.8 Å². The zero-order valence-corrected chi connectivity index (χ0v) is 8.27. The SMILES string of the molecule is CC(C)(C)C.ClPCl. The fourth-order valence-corrected chi connectivity index (χ4v) is 0. The highest BCUT2D eigenvalue weighted by molar-refractivity contribution is 7.90. The average Bonchev–Trinajstić information content (AvgIpc) is 1.27. The summed E-state index contributed by atoms with van der Waals surface area (Å²) in [5, 5.41) is 0. The summed E-state index contributed by atoms with van der Waals surface area (Å²) in [7, 11) is 0.0278.